The highest BCUT2D eigenvalue weighted by atomic mass is 32.1. The monoisotopic (exact) mass is 341 g/mol. The fourth-order valence-electron chi connectivity index (χ4n) is 2.68. The summed E-state index contributed by atoms with van der Waals surface area (Å²) in [6.07, 6.45) is 3.40. The van der Waals surface area contributed by atoms with Gasteiger partial charge in [-0.05, 0) is 53.2 Å². The number of hydrogen-bond donors (Lipinski definition) is 1. The van der Waals surface area contributed by atoms with Crippen molar-refractivity contribution in [1.82, 2.24) is 9.80 Å². The maximum Gasteiger partial charge on any atom is 0.248 e. The fraction of sp³-hybridized carbons (Fsp3) is 0.316. The predicted molar refractivity (Wildman–Crippen MR) is 101 cm³/mol. The SMILES string of the molecule is CN1CCN(Cc2ccc(NC(=O)/C=C/c3ccsc3)cc2)CC1. The standard InChI is InChI=1S/C19H23N3OS/c1-21-9-11-22(12-10-21)14-16-2-5-18(6-3-16)20-19(23)7-4-17-8-13-24-15-17/h2-8,13,15H,9-12,14H2,1H3,(H,20,23)/b7-4+. The minimum atomic E-state index is -0.104. The molecule has 4 nitrogen and oxygen atoms in total. The first-order chi connectivity index (χ1) is 11.7. The zero-order valence-electron chi connectivity index (χ0n) is 13.9. The van der Waals surface area contributed by atoms with E-state index < -0.39 is 0 Å². The van der Waals surface area contributed by atoms with Gasteiger partial charge in [0.15, 0.2) is 0 Å². The molecule has 1 aliphatic heterocycles. The van der Waals surface area contributed by atoms with Gasteiger partial charge in [-0.25, -0.2) is 0 Å². The van der Waals surface area contributed by atoms with Crippen LogP contribution in [0.3, 0.4) is 0 Å². The Balaban J connectivity index is 1.50. The van der Waals surface area contributed by atoms with Crippen molar-refractivity contribution in [3.8, 4) is 0 Å². The molecule has 0 saturated carbocycles. The van der Waals surface area contributed by atoms with Gasteiger partial charge >= 0.3 is 0 Å². The van der Waals surface area contributed by atoms with Gasteiger partial charge in [-0.1, -0.05) is 12.1 Å². The molecule has 1 amide bonds. The quantitative estimate of drug-likeness (QED) is 0.849. The molecule has 1 aliphatic rings. The molecule has 24 heavy (non-hydrogen) atoms. The molecule has 1 N–H and O–H groups in total. The van der Waals surface area contributed by atoms with Crippen molar-refractivity contribution in [2.45, 2.75) is 6.54 Å². The van der Waals surface area contributed by atoms with Crippen molar-refractivity contribution in [2.24, 2.45) is 0 Å². The van der Waals surface area contributed by atoms with Gasteiger partial charge in [-0.2, -0.15) is 11.3 Å². The van der Waals surface area contributed by atoms with Gasteiger partial charge in [0.2, 0.25) is 5.91 Å². The van der Waals surface area contributed by atoms with Crippen molar-refractivity contribution < 1.29 is 4.79 Å². The average molecular weight is 341 g/mol. The van der Waals surface area contributed by atoms with Crippen LogP contribution in [0.25, 0.3) is 6.08 Å². The fourth-order valence-corrected chi connectivity index (χ4v) is 3.31. The average Bonchev–Trinajstić information content (AvgIpc) is 3.10. The summed E-state index contributed by atoms with van der Waals surface area (Å²) in [5.74, 6) is -0.104. The lowest BCUT2D eigenvalue weighted by molar-refractivity contribution is -0.111. The lowest BCUT2D eigenvalue weighted by Crippen LogP contribution is -2.43. The van der Waals surface area contributed by atoms with E-state index in [0.29, 0.717) is 0 Å². The molecule has 3 rings (SSSR count). The number of hydrogen-bond acceptors (Lipinski definition) is 4. The number of piperazine rings is 1. The van der Waals surface area contributed by atoms with E-state index in [0.717, 1.165) is 44.0 Å². The van der Waals surface area contributed by atoms with Gasteiger partial charge in [-0.15, -0.1) is 0 Å². The number of amides is 1. The third kappa shape index (κ3) is 5.03. The summed E-state index contributed by atoms with van der Waals surface area (Å²) in [6.45, 7) is 5.46. The van der Waals surface area contributed by atoms with Crippen LogP contribution < -0.4 is 5.32 Å². The number of benzene rings is 1. The minimum Gasteiger partial charge on any atom is -0.323 e. The molecular formula is C19H23N3OS. The van der Waals surface area contributed by atoms with Gasteiger partial charge in [-0.3, -0.25) is 9.69 Å². The molecule has 126 valence electrons. The molecule has 0 radical (unpaired) electrons. The van der Waals surface area contributed by atoms with Crippen LogP contribution in [0, 0.1) is 0 Å². The zero-order valence-corrected chi connectivity index (χ0v) is 14.8. The molecule has 1 aromatic heterocycles. The number of carbonyl (C=O) groups is 1. The summed E-state index contributed by atoms with van der Waals surface area (Å²) < 4.78 is 0. The highest BCUT2D eigenvalue weighted by Gasteiger charge is 2.13. The Morgan fingerprint density at radius 3 is 2.58 bits per heavy atom. The van der Waals surface area contributed by atoms with Gasteiger partial charge in [0, 0.05) is 44.5 Å². The van der Waals surface area contributed by atoms with Crippen LogP contribution in [-0.2, 0) is 11.3 Å². The van der Waals surface area contributed by atoms with E-state index in [1.165, 1.54) is 5.56 Å². The van der Waals surface area contributed by atoms with Crippen molar-refractivity contribution in [3.05, 3.63) is 58.3 Å². The van der Waals surface area contributed by atoms with Crippen LogP contribution >= 0.6 is 11.3 Å². The highest BCUT2D eigenvalue weighted by molar-refractivity contribution is 7.08. The van der Waals surface area contributed by atoms with E-state index >= 15 is 0 Å². The molecular weight excluding hydrogens is 318 g/mol. The third-order valence-corrected chi connectivity index (χ3v) is 4.90. The van der Waals surface area contributed by atoms with E-state index in [9.17, 15) is 4.79 Å². The lowest BCUT2D eigenvalue weighted by Gasteiger charge is -2.32. The number of anilines is 1. The first kappa shape index (κ1) is 16.9. The lowest BCUT2D eigenvalue weighted by atomic mass is 10.1. The van der Waals surface area contributed by atoms with E-state index in [4.69, 9.17) is 0 Å². The smallest absolute Gasteiger partial charge is 0.248 e. The number of thiophene rings is 1. The van der Waals surface area contributed by atoms with Crippen molar-refractivity contribution in [1.29, 1.82) is 0 Å². The molecule has 0 unspecified atom stereocenters. The summed E-state index contributed by atoms with van der Waals surface area (Å²) in [4.78, 5) is 16.8. The van der Waals surface area contributed by atoms with Crippen LogP contribution in [-0.4, -0.2) is 48.9 Å². The largest absolute Gasteiger partial charge is 0.323 e. The summed E-state index contributed by atoms with van der Waals surface area (Å²) >= 11 is 1.62. The van der Waals surface area contributed by atoms with Crippen molar-refractivity contribution >= 4 is 29.0 Å². The first-order valence-electron chi connectivity index (χ1n) is 8.20. The third-order valence-electron chi connectivity index (χ3n) is 4.19. The Kier molecular flexibility index (Phi) is 5.80. The minimum absolute atomic E-state index is 0.104. The van der Waals surface area contributed by atoms with E-state index in [2.05, 4.69) is 34.3 Å². The first-order valence-corrected chi connectivity index (χ1v) is 9.14. The number of rotatable bonds is 5. The summed E-state index contributed by atoms with van der Waals surface area (Å²) in [6, 6.07) is 10.1. The number of carbonyl (C=O) groups excluding carboxylic acids is 1. The predicted octanol–water partition coefficient (Wildman–Crippen LogP) is 3.15. The second-order valence-corrected chi connectivity index (χ2v) is 6.94. The Morgan fingerprint density at radius 2 is 1.92 bits per heavy atom. The van der Waals surface area contributed by atoms with E-state index in [-0.39, 0.29) is 5.91 Å². The Bertz CT molecular complexity index is 671. The molecule has 1 saturated heterocycles. The molecule has 1 aromatic carbocycles. The van der Waals surface area contributed by atoms with Crippen molar-refractivity contribution in [2.75, 3.05) is 38.5 Å². The summed E-state index contributed by atoms with van der Waals surface area (Å²) in [5, 5.41) is 6.91. The Morgan fingerprint density at radius 1 is 1.17 bits per heavy atom. The number of nitrogens with one attached hydrogen (secondary N) is 1. The van der Waals surface area contributed by atoms with Gasteiger partial charge in [0.25, 0.3) is 0 Å². The summed E-state index contributed by atoms with van der Waals surface area (Å²) in [5.41, 5.74) is 3.17. The maximum atomic E-state index is 11.9. The van der Waals surface area contributed by atoms with E-state index in [1.807, 2.05) is 35.0 Å². The topological polar surface area (TPSA) is 35.6 Å². The van der Waals surface area contributed by atoms with Gasteiger partial charge < -0.3 is 10.2 Å². The van der Waals surface area contributed by atoms with Crippen LogP contribution in [0.4, 0.5) is 5.69 Å². The molecule has 0 atom stereocenters. The van der Waals surface area contributed by atoms with Gasteiger partial charge in [0.05, 0.1) is 0 Å². The molecule has 0 bridgehead atoms. The van der Waals surface area contributed by atoms with Crippen LogP contribution in [0.5, 0.6) is 0 Å². The summed E-state index contributed by atoms with van der Waals surface area (Å²) in [7, 11) is 2.17. The van der Waals surface area contributed by atoms with E-state index in [1.54, 1.807) is 17.4 Å². The molecule has 2 aromatic rings. The van der Waals surface area contributed by atoms with Crippen LogP contribution in [0.15, 0.2) is 47.2 Å². The molecule has 2 heterocycles. The Hall–Kier alpha value is -1.95. The zero-order chi connectivity index (χ0) is 16.8. The normalized spacial score (nSPS) is 16.5. The van der Waals surface area contributed by atoms with Crippen molar-refractivity contribution in [3.63, 3.8) is 0 Å². The Labute approximate surface area is 147 Å². The molecule has 5 heteroatoms. The second kappa shape index (κ2) is 8.24. The second-order valence-electron chi connectivity index (χ2n) is 6.16. The number of likely N-dealkylation sites (N-methyl/N-ethyl adjacent to an activating group) is 1. The van der Waals surface area contributed by atoms with Crippen LogP contribution in [0.1, 0.15) is 11.1 Å². The van der Waals surface area contributed by atoms with Crippen LogP contribution in [0.2, 0.25) is 0 Å². The van der Waals surface area contributed by atoms with Gasteiger partial charge in [0.1, 0.15) is 0 Å². The molecule has 1 fully saturated rings. The molecule has 0 spiro atoms. The highest BCUT2D eigenvalue weighted by Crippen LogP contribution is 2.13. The number of nitrogens with zero attached hydrogens (tertiary/aromatic N) is 2. The molecule has 0 aliphatic carbocycles. The maximum absolute atomic E-state index is 11.9.